The predicted octanol–water partition coefficient (Wildman–Crippen LogP) is 5.03. The lowest BCUT2D eigenvalue weighted by Gasteiger charge is -2.15. The molecule has 2 aromatic heterocycles. The zero-order valence-electron chi connectivity index (χ0n) is 13.4. The summed E-state index contributed by atoms with van der Waals surface area (Å²) in [6.07, 6.45) is -4.51. The van der Waals surface area contributed by atoms with E-state index in [-0.39, 0.29) is 11.8 Å². The number of nitrogens with zero attached hydrogens (tertiary/aromatic N) is 2. The quantitative estimate of drug-likeness (QED) is 0.729. The van der Waals surface area contributed by atoms with E-state index >= 15 is 0 Å². The van der Waals surface area contributed by atoms with Gasteiger partial charge in [0.2, 0.25) is 0 Å². The minimum absolute atomic E-state index is 0.0841. The van der Waals surface area contributed by atoms with Gasteiger partial charge in [0.25, 0.3) is 5.71 Å². The molecule has 1 atom stereocenters. The Morgan fingerprint density at radius 3 is 2.38 bits per heavy atom. The second-order valence-corrected chi connectivity index (χ2v) is 5.87. The molecule has 0 amide bonds. The Morgan fingerprint density at radius 2 is 1.75 bits per heavy atom. The SMILES string of the molecule is Cc1cc(C)cc(C(C)Nc2noc3nc(C(F)(F)F)ccc23)c1. The molecule has 3 aromatic rings. The normalized spacial score (nSPS) is 13.2. The first-order valence-corrected chi connectivity index (χ1v) is 7.42. The van der Waals surface area contributed by atoms with Crippen LogP contribution in [0.1, 0.15) is 35.3 Å². The number of benzene rings is 1. The second kappa shape index (κ2) is 5.81. The van der Waals surface area contributed by atoms with Crippen LogP contribution in [0.15, 0.2) is 34.9 Å². The number of fused-ring (bicyclic) bond motifs is 1. The molecule has 0 fully saturated rings. The van der Waals surface area contributed by atoms with E-state index in [0.29, 0.717) is 11.2 Å². The van der Waals surface area contributed by atoms with E-state index < -0.39 is 11.9 Å². The third-order valence-electron chi connectivity index (χ3n) is 3.73. The second-order valence-electron chi connectivity index (χ2n) is 5.87. The van der Waals surface area contributed by atoms with Crippen LogP contribution in [0, 0.1) is 13.8 Å². The van der Waals surface area contributed by atoms with E-state index in [1.165, 1.54) is 6.07 Å². The molecular weight excluding hydrogens is 319 g/mol. The number of rotatable bonds is 3. The van der Waals surface area contributed by atoms with Gasteiger partial charge in [-0.3, -0.25) is 0 Å². The molecule has 1 N–H and O–H groups in total. The maximum absolute atomic E-state index is 12.7. The Balaban J connectivity index is 1.90. The van der Waals surface area contributed by atoms with Crippen molar-refractivity contribution in [3.8, 4) is 0 Å². The van der Waals surface area contributed by atoms with E-state index in [4.69, 9.17) is 4.52 Å². The first kappa shape index (κ1) is 16.3. The van der Waals surface area contributed by atoms with Gasteiger partial charge in [-0.2, -0.15) is 13.2 Å². The van der Waals surface area contributed by atoms with Gasteiger partial charge in [0.05, 0.1) is 11.4 Å². The van der Waals surface area contributed by atoms with Gasteiger partial charge in [-0.05, 0) is 38.5 Å². The number of halogens is 3. The van der Waals surface area contributed by atoms with Gasteiger partial charge < -0.3 is 9.84 Å². The Kier molecular flexibility index (Phi) is 3.95. The van der Waals surface area contributed by atoms with E-state index in [2.05, 4.69) is 21.5 Å². The van der Waals surface area contributed by atoms with Crippen LogP contribution in [-0.2, 0) is 6.18 Å². The molecule has 0 radical (unpaired) electrons. The molecule has 126 valence electrons. The summed E-state index contributed by atoms with van der Waals surface area (Å²) in [4.78, 5) is 3.48. The molecule has 0 aliphatic rings. The van der Waals surface area contributed by atoms with Gasteiger partial charge in [0.1, 0.15) is 5.69 Å². The van der Waals surface area contributed by atoms with Crippen LogP contribution in [0.25, 0.3) is 11.1 Å². The zero-order valence-corrected chi connectivity index (χ0v) is 13.4. The van der Waals surface area contributed by atoms with E-state index in [9.17, 15) is 13.2 Å². The molecule has 3 rings (SSSR count). The van der Waals surface area contributed by atoms with Crippen molar-refractivity contribution in [2.75, 3.05) is 5.32 Å². The molecule has 0 spiro atoms. The number of aryl methyl sites for hydroxylation is 2. The summed E-state index contributed by atoms with van der Waals surface area (Å²) < 4.78 is 43.0. The summed E-state index contributed by atoms with van der Waals surface area (Å²) in [6, 6.07) is 8.33. The molecule has 7 heteroatoms. The lowest BCUT2D eigenvalue weighted by atomic mass is 10.0. The number of hydrogen-bond acceptors (Lipinski definition) is 4. The monoisotopic (exact) mass is 335 g/mol. The average Bonchev–Trinajstić information content (AvgIpc) is 2.87. The molecule has 4 nitrogen and oxygen atoms in total. The van der Waals surface area contributed by atoms with Crippen molar-refractivity contribution in [2.24, 2.45) is 0 Å². The van der Waals surface area contributed by atoms with Crippen LogP contribution in [0.2, 0.25) is 0 Å². The van der Waals surface area contributed by atoms with Crippen molar-refractivity contribution in [1.29, 1.82) is 0 Å². The summed E-state index contributed by atoms with van der Waals surface area (Å²) in [5.41, 5.74) is 2.20. The fraction of sp³-hybridized carbons (Fsp3) is 0.294. The van der Waals surface area contributed by atoms with Crippen LogP contribution >= 0.6 is 0 Å². The van der Waals surface area contributed by atoms with Crippen LogP contribution < -0.4 is 5.32 Å². The zero-order chi connectivity index (χ0) is 17.5. The standard InChI is InChI=1S/C17H16F3N3O/c1-9-6-10(2)8-12(7-9)11(3)21-15-13-4-5-14(17(18,19)20)22-16(13)24-23-15/h4-8,11H,1-3H3,(H,21,23). The molecule has 24 heavy (non-hydrogen) atoms. The highest BCUT2D eigenvalue weighted by Crippen LogP contribution is 2.31. The highest BCUT2D eigenvalue weighted by Gasteiger charge is 2.33. The highest BCUT2D eigenvalue weighted by atomic mass is 19.4. The lowest BCUT2D eigenvalue weighted by molar-refractivity contribution is -0.141. The molecule has 1 unspecified atom stereocenters. The highest BCUT2D eigenvalue weighted by molar-refractivity contribution is 5.85. The summed E-state index contributed by atoms with van der Waals surface area (Å²) in [5.74, 6) is 0.373. The number of nitrogens with one attached hydrogen (secondary N) is 1. The Labute approximate surface area is 136 Å². The fourth-order valence-electron chi connectivity index (χ4n) is 2.64. The molecule has 2 heterocycles. The van der Waals surface area contributed by atoms with Crippen molar-refractivity contribution < 1.29 is 17.7 Å². The number of hydrogen-bond donors (Lipinski definition) is 1. The topological polar surface area (TPSA) is 51.0 Å². The Hall–Kier alpha value is -2.57. The van der Waals surface area contributed by atoms with Crippen LogP contribution in [0.4, 0.5) is 19.0 Å². The first-order chi connectivity index (χ1) is 11.2. The summed E-state index contributed by atoms with van der Waals surface area (Å²) in [7, 11) is 0. The van der Waals surface area contributed by atoms with Gasteiger partial charge >= 0.3 is 6.18 Å². The van der Waals surface area contributed by atoms with Gasteiger partial charge in [0.15, 0.2) is 5.82 Å². The average molecular weight is 335 g/mol. The van der Waals surface area contributed by atoms with E-state index in [1.807, 2.05) is 32.9 Å². The summed E-state index contributed by atoms with van der Waals surface area (Å²) in [5, 5.41) is 7.40. The molecule has 0 saturated carbocycles. The molecule has 0 aliphatic carbocycles. The summed E-state index contributed by atoms with van der Waals surface area (Å²) >= 11 is 0. The predicted molar refractivity (Wildman–Crippen MR) is 84.8 cm³/mol. The fourth-order valence-corrected chi connectivity index (χ4v) is 2.64. The molecule has 0 bridgehead atoms. The van der Waals surface area contributed by atoms with E-state index in [0.717, 1.165) is 22.8 Å². The number of alkyl halides is 3. The third-order valence-corrected chi connectivity index (χ3v) is 3.73. The minimum Gasteiger partial charge on any atom is -0.360 e. The molecule has 0 aliphatic heterocycles. The van der Waals surface area contributed by atoms with Crippen LogP contribution in [0.5, 0.6) is 0 Å². The van der Waals surface area contributed by atoms with Gasteiger partial charge in [-0.25, -0.2) is 4.98 Å². The number of pyridine rings is 1. The van der Waals surface area contributed by atoms with Crippen molar-refractivity contribution in [3.05, 3.63) is 52.7 Å². The Bertz CT molecular complexity index is 866. The molecule has 0 saturated heterocycles. The van der Waals surface area contributed by atoms with Gasteiger partial charge in [-0.15, -0.1) is 0 Å². The van der Waals surface area contributed by atoms with Gasteiger partial charge in [0, 0.05) is 0 Å². The maximum Gasteiger partial charge on any atom is 0.433 e. The maximum atomic E-state index is 12.7. The third kappa shape index (κ3) is 3.20. The molecular formula is C17H16F3N3O. The van der Waals surface area contributed by atoms with Crippen molar-refractivity contribution in [2.45, 2.75) is 33.0 Å². The van der Waals surface area contributed by atoms with Crippen molar-refractivity contribution >= 4 is 16.9 Å². The number of anilines is 1. The van der Waals surface area contributed by atoms with Crippen LogP contribution in [-0.4, -0.2) is 10.1 Å². The Morgan fingerprint density at radius 1 is 1.08 bits per heavy atom. The van der Waals surface area contributed by atoms with Crippen LogP contribution in [0.3, 0.4) is 0 Å². The van der Waals surface area contributed by atoms with E-state index in [1.54, 1.807) is 0 Å². The number of aromatic nitrogens is 2. The van der Waals surface area contributed by atoms with Crippen molar-refractivity contribution in [3.63, 3.8) is 0 Å². The largest absolute Gasteiger partial charge is 0.433 e. The molecule has 1 aromatic carbocycles. The van der Waals surface area contributed by atoms with Gasteiger partial charge in [-0.1, -0.05) is 34.5 Å². The summed E-state index contributed by atoms with van der Waals surface area (Å²) in [6.45, 7) is 5.97. The van der Waals surface area contributed by atoms with Crippen molar-refractivity contribution in [1.82, 2.24) is 10.1 Å². The first-order valence-electron chi connectivity index (χ1n) is 7.42. The lowest BCUT2D eigenvalue weighted by Crippen LogP contribution is -2.08. The minimum atomic E-state index is -4.51. The smallest absolute Gasteiger partial charge is 0.360 e.